The molecular weight excluding hydrogens is 650 g/mol. The van der Waals surface area contributed by atoms with E-state index in [1.807, 2.05) is 60.7 Å². The predicted molar refractivity (Wildman–Crippen MR) is 186 cm³/mol. The van der Waals surface area contributed by atoms with Gasteiger partial charge in [-0.2, -0.15) is 4.99 Å². The first kappa shape index (κ1) is 33.2. The summed E-state index contributed by atoms with van der Waals surface area (Å²) < 4.78 is 6.26. The van der Waals surface area contributed by atoms with E-state index in [0.29, 0.717) is 28.1 Å². The SMILES string of the molecule is C=C/C=C\C(=C/C)N1C(=O)/C(=C/c2ccc(OCC=C)c(Br)c2)C(=O)N=C1SCC(=O)NC(c1ccccc1)c1ccccc1. The van der Waals surface area contributed by atoms with Gasteiger partial charge in [0.05, 0.1) is 16.3 Å². The highest BCUT2D eigenvalue weighted by atomic mass is 79.9. The number of carbonyl (C=O) groups is 3. The second-order valence-corrected chi connectivity index (χ2v) is 11.4. The minimum atomic E-state index is -0.697. The van der Waals surface area contributed by atoms with Crippen LogP contribution in [0.25, 0.3) is 6.08 Å². The van der Waals surface area contributed by atoms with Crippen LogP contribution in [0, 0.1) is 0 Å². The Morgan fingerprint density at radius 2 is 1.71 bits per heavy atom. The number of hydrogen-bond donors (Lipinski definition) is 1. The van der Waals surface area contributed by atoms with Crippen LogP contribution in [-0.4, -0.2) is 40.1 Å². The maximum absolute atomic E-state index is 13.9. The lowest BCUT2D eigenvalue weighted by atomic mass is 9.99. The summed E-state index contributed by atoms with van der Waals surface area (Å²) in [7, 11) is 0. The number of ether oxygens (including phenoxy) is 1. The van der Waals surface area contributed by atoms with E-state index in [-0.39, 0.29) is 28.4 Å². The number of thioether (sulfide) groups is 1. The van der Waals surface area contributed by atoms with Crippen LogP contribution in [0.3, 0.4) is 0 Å². The molecular formula is C36H32BrN3O4S. The molecule has 0 spiro atoms. The van der Waals surface area contributed by atoms with Gasteiger partial charge in [-0.25, -0.2) is 0 Å². The number of nitrogens with zero attached hydrogens (tertiary/aromatic N) is 2. The van der Waals surface area contributed by atoms with E-state index >= 15 is 0 Å². The van der Waals surface area contributed by atoms with E-state index in [1.54, 1.807) is 55.5 Å². The van der Waals surface area contributed by atoms with Crippen LogP contribution in [0.5, 0.6) is 5.75 Å². The minimum Gasteiger partial charge on any atom is -0.488 e. The quantitative estimate of drug-likeness (QED) is 0.0931. The van der Waals surface area contributed by atoms with Gasteiger partial charge in [-0.15, -0.1) is 0 Å². The lowest BCUT2D eigenvalue weighted by Crippen LogP contribution is -2.42. The largest absolute Gasteiger partial charge is 0.488 e. The number of rotatable bonds is 12. The third kappa shape index (κ3) is 8.68. The number of amides is 3. The lowest BCUT2D eigenvalue weighted by Gasteiger charge is -2.28. The molecule has 3 aromatic rings. The summed E-state index contributed by atoms with van der Waals surface area (Å²) in [5, 5.41) is 3.19. The van der Waals surface area contributed by atoms with Crippen molar-refractivity contribution >= 4 is 56.7 Å². The number of aliphatic imine (C=N–C) groups is 1. The van der Waals surface area contributed by atoms with Crippen molar-refractivity contribution in [2.75, 3.05) is 12.4 Å². The van der Waals surface area contributed by atoms with Crippen molar-refractivity contribution in [3.05, 3.63) is 155 Å². The smallest absolute Gasteiger partial charge is 0.285 e. The summed E-state index contributed by atoms with van der Waals surface area (Å²) in [6, 6.07) is 24.2. The van der Waals surface area contributed by atoms with Crippen molar-refractivity contribution in [3.8, 4) is 5.75 Å². The van der Waals surface area contributed by atoms with E-state index in [0.717, 1.165) is 22.9 Å². The fraction of sp³-hybridized carbons (Fsp3) is 0.111. The first-order chi connectivity index (χ1) is 21.9. The van der Waals surface area contributed by atoms with Crippen LogP contribution < -0.4 is 10.1 Å². The zero-order valence-electron chi connectivity index (χ0n) is 24.7. The standard InChI is InChI=1S/C36H32BrN3O4S/c1-4-7-18-28(6-3)40-35(43)29(22-25-19-20-31(30(37)23-25)44-21-5-2)34(42)39-36(40)45-24-32(41)38-33(26-14-10-8-11-15-26)27-16-12-9-13-17-27/h4-20,22-23,33H,1-2,21,24H2,3H3,(H,38,41)/b18-7-,28-6+,29-22+. The Kier molecular flexibility index (Phi) is 12.1. The Morgan fingerprint density at radius 1 is 1.04 bits per heavy atom. The zero-order chi connectivity index (χ0) is 32.2. The molecule has 0 aliphatic carbocycles. The average molecular weight is 683 g/mol. The average Bonchev–Trinajstić information content (AvgIpc) is 3.06. The molecule has 1 aliphatic heterocycles. The van der Waals surface area contributed by atoms with Gasteiger partial charge in [-0.05, 0) is 63.8 Å². The van der Waals surface area contributed by atoms with Crippen LogP contribution in [0.4, 0.5) is 0 Å². The number of halogens is 1. The van der Waals surface area contributed by atoms with E-state index in [9.17, 15) is 14.4 Å². The van der Waals surface area contributed by atoms with Crippen molar-refractivity contribution in [2.24, 2.45) is 4.99 Å². The molecule has 4 rings (SSSR count). The molecule has 0 aromatic heterocycles. The normalized spacial score (nSPS) is 14.6. The van der Waals surface area contributed by atoms with E-state index < -0.39 is 11.8 Å². The van der Waals surface area contributed by atoms with Crippen molar-refractivity contribution < 1.29 is 19.1 Å². The molecule has 1 aliphatic rings. The number of allylic oxidation sites excluding steroid dienone is 4. The Morgan fingerprint density at radius 3 is 2.29 bits per heavy atom. The molecule has 0 radical (unpaired) electrons. The molecule has 3 amide bonds. The molecule has 0 saturated carbocycles. The van der Waals surface area contributed by atoms with E-state index in [4.69, 9.17) is 4.74 Å². The Labute approximate surface area is 275 Å². The number of hydrogen-bond acceptors (Lipinski definition) is 5. The molecule has 45 heavy (non-hydrogen) atoms. The Bertz CT molecular complexity index is 1660. The first-order valence-corrected chi connectivity index (χ1v) is 15.8. The van der Waals surface area contributed by atoms with Crippen molar-refractivity contribution in [1.29, 1.82) is 0 Å². The number of benzene rings is 3. The number of amidine groups is 1. The maximum Gasteiger partial charge on any atom is 0.285 e. The summed E-state index contributed by atoms with van der Waals surface area (Å²) in [5.41, 5.74) is 2.82. The summed E-state index contributed by atoms with van der Waals surface area (Å²) >= 11 is 4.49. The van der Waals surface area contributed by atoms with Crippen molar-refractivity contribution in [2.45, 2.75) is 13.0 Å². The highest BCUT2D eigenvalue weighted by Crippen LogP contribution is 2.30. The van der Waals surface area contributed by atoms with E-state index in [2.05, 4.69) is 39.4 Å². The van der Waals surface area contributed by atoms with Gasteiger partial charge in [0.1, 0.15) is 17.9 Å². The summed E-state index contributed by atoms with van der Waals surface area (Å²) in [5.74, 6) is -1.02. The third-order valence-electron chi connectivity index (χ3n) is 6.54. The second-order valence-electron chi connectivity index (χ2n) is 9.61. The molecule has 0 fully saturated rings. The molecule has 7 nitrogen and oxygen atoms in total. The van der Waals surface area contributed by atoms with Gasteiger partial charge in [-0.1, -0.05) is 116 Å². The minimum absolute atomic E-state index is 0.0770. The fourth-order valence-electron chi connectivity index (χ4n) is 4.43. The molecule has 0 atom stereocenters. The summed E-state index contributed by atoms with van der Waals surface area (Å²) in [6.45, 7) is 9.47. The predicted octanol–water partition coefficient (Wildman–Crippen LogP) is 7.41. The number of carbonyl (C=O) groups excluding carboxylic acids is 3. The first-order valence-electron chi connectivity index (χ1n) is 14.1. The monoisotopic (exact) mass is 681 g/mol. The molecule has 9 heteroatoms. The summed E-state index contributed by atoms with van der Waals surface area (Å²) in [6.07, 6.45) is 9.81. The van der Waals surface area contributed by atoms with Gasteiger partial charge < -0.3 is 10.1 Å². The van der Waals surface area contributed by atoms with Crippen molar-refractivity contribution in [1.82, 2.24) is 10.2 Å². The van der Waals surface area contributed by atoms with Gasteiger partial charge in [0, 0.05) is 5.70 Å². The maximum atomic E-state index is 13.9. The molecule has 1 N–H and O–H groups in total. The zero-order valence-corrected chi connectivity index (χ0v) is 27.1. The van der Waals surface area contributed by atoms with Gasteiger partial charge >= 0.3 is 0 Å². The van der Waals surface area contributed by atoms with Crippen molar-refractivity contribution in [3.63, 3.8) is 0 Å². The number of nitrogens with one attached hydrogen (secondary N) is 1. The van der Waals surface area contributed by atoms with Gasteiger partial charge in [0.2, 0.25) is 5.91 Å². The topological polar surface area (TPSA) is 88.1 Å². The third-order valence-corrected chi connectivity index (χ3v) is 8.09. The molecule has 0 saturated heterocycles. The van der Waals surface area contributed by atoms with Crippen LogP contribution in [0.1, 0.15) is 29.7 Å². The Hall–Kier alpha value is -4.73. The second kappa shape index (κ2) is 16.4. The van der Waals surface area contributed by atoms with Gasteiger partial charge in [0.25, 0.3) is 11.8 Å². The fourth-order valence-corrected chi connectivity index (χ4v) is 5.75. The molecule has 228 valence electrons. The molecule has 1 heterocycles. The van der Waals surface area contributed by atoms with Crippen LogP contribution in [-0.2, 0) is 14.4 Å². The summed E-state index contributed by atoms with van der Waals surface area (Å²) in [4.78, 5) is 46.1. The molecule has 0 bridgehead atoms. The Balaban J connectivity index is 1.61. The van der Waals surface area contributed by atoms with Gasteiger partial charge in [0.15, 0.2) is 5.17 Å². The van der Waals surface area contributed by atoms with Gasteiger partial charge in [-0.3, -0.25) is 19.3 Å². The van der Waals surface area contributed by atoms with Crippen LogP contribution in [0.2, 0.25) is 0 Å². The van der Waals surface area contributed by atoms with Crippen LogP contribution >= 0.6 is 27.7 Å². The molecule has 0 unspecified atom stereocenters. The van der Waals surface area contributed by atoms with E-state index in [1.165, 1.54) is 11.0 Å². The lowest BCUT2D eigenvalue weighted by molar-refractivity contribution is -0.126. The van der Waals surface area contributed by atoms with Crippen LogP contribution in [0.15, 0.2) is 143 Å². The molecule has 3 aromatic carbocycles. The highest BCUT2D eigenvalue weighted by Gasteiger charge is 2.35. The highest BCUT2D eigenvalue weighted by molar-refractivity contribution is 9.10.